The number of nitrogens with zero attached hydrogens (tertiary/aromatic N) is 2. The Morgan fingerprint density at radius 3 is 2.71 bits per heavy atom. The molecule has 2 aromatic rings. The number of aromatic nitrogens is 2. The fourth-order valence-electron chi connectivity index (χ4n) is 1.56. The number of hydrogen-bond acceptors (Lipinski definition) is 4. The van der Waals surface area contributed by atoms with Crippen LogP contribution in [0.15, 0.2) is 22.8 Å². The van der Waals surface area contributed by atoms with Gasteiger partial charge >= 0.3 is 0 Å². The van der Waals surface area contributed by atoms with Crippen molar-refractivity contribution < 1.29 is 4.39 Å². The van der Waals surface area contributed by atoms with Crippen LogP contribution in [0.5, 0.6) is 0 Å². The molecule has 1 aromatic heterocycles. The van der Waals surface area contributed by atoms with E-state index in [0.717, 1.165) is 13.0 Å². The molecular weight excluding hydrogens is 382 g/mol. The van der Waals surface area contributed by atoms with E-state index in [9.17, 15) is 4.39 Å². The first-order valence-electron chi connectivity index (χ1n) is 6.19. The molecule has 0 amide bonds. The molecule has 2 rings (SSSR count). The van der Waals surface area contributed by atoms with Gasteiger partial charge in [-0.15, -0.1) is 0 Å². The summed E-state index contributed by atoms with van der Waals surface area (Å²) in [6.07, 6.45) is 2.43. The van der Waals surface area contributed by atoms with Crippen molar-refractivity contribution in [3.8, 4) is 0 Å². The second kappa shape index (κ2) is 7.24. The quantitative estimate of drug-likeness (QED) is 0.728. The van der Waals surface area contributed by atoms with Crippen LogP contribution in [0.4, 0.5) is 21.8 Å². The Balaban J connectivity index is 2.31. The third-order valence-electron chi connectivity index (χ3n) is 2.53. The molecule has 112 valence electrons. The van der Waals surface area contributed by atoms with Gasteiger partial charge in [-0.25, -0.2) is 9.37 Å². The SMILES string of the molecule is CCCNc1ncc(Cl)c(Nc2c(Cl)cc(F)cc2Br)n1. The third kappa shape index (κ3) is 4.18. The predicted molar refractivity (Wildman–Crippen MR) is 88.2 cm³/mol. The van der Waals surface area contributed by atoms with Crippen molar-refractivity contribution in [2.24, 2.45) is 0 Å². The Labute approximate surface area is 140 Å². The Hall–Kier alpha value is -1.11. The Morgan fingerprint density at radius 2 is 2.05 bits per heavy atom. The van der Waals surface area contributed by atoms with Gasteiger partial charge in [0, 0.05) is 11.0 Å². The minimum atomic E-state index is -0.434. The van der Waals surface area contributed by atoms with Crippen LogP contribution in [0.25, 0.3) is 0 Å². The molecule has 8 heteroatoms. The number of halogens is 4. The zero-order valence-corrected chi connectivity index (χ0v) is 14.2. The van der Waals surface area contributed by atoms with Gasteiger partial charge in [-0.05, 0) is 34.5 Å². The van der Waals surface area contributed by atoms with Crippen molar-refractivity contribution >= 4 is 56.6 Å². The maximum Gasteiger partial charge on any atom is 0.224 e. The van der Waals surface area contributed by atoms with E-state index in [1.807, 2.05) is 6.92 Å². The first-order chi connectivity index (χ1) is 10.0. The molecule has 0 saturated carbocycles. The van der Waals surface area contributed by atoms with Gasteiger partial charge in [-0.3, -0.25) is 0 Å². The van der Waals surface area contributed by atoms with Crippen LogP contribution in [-0.4, -0.2) is 16.5 Å². The first-order valence-corrected chi connectivity index (χ1v) is 7.74. The van der Waals surface area contributed by atoms with Crippen LogP contribution in [0, 0.1) is 5.82 Å². The van der Waals surface area contributed by atoms with Crippen molar-refractivity contribution in [1.29, 1.82) is 0 Å². The standard InChI is InChI=1S/C13H12BrCl2FN4/c1-2-3-18-13-19-6-10(16)12(21-13)20-11-8(14)4-7(17)5-9(11)15/h4-6H,2-3H2,1H3,(H2,18,19,20,21). The summed E-state index contributed by atoms with van der Waals surface area (Å²) in [5.41, 5.74) is 0.486. The molecule has 21 heavy (non-hydrogen) atoms. The minimum Gasteiger partial charge on any atom is -0.354 e. The maximum absolute atomic E-state index is 13.2. The van der Waals surface area contributed by atoms with Gasteiger partial charge in [-0.1, -0.05) is 30.1 Å². The fraction of sp³-hybridized carbons (Fsp3) is 0.231. The van der Waals surface area contributed by atoms with Gasteiger partial charge in [-0.2, -0.15) is 4.98 Å². The van der Waals surface area contributed by atoms with Crippen molar-refractivity contribution in [3.63, 3.8) is 0 Å². The van der Waals surface area contributed by atoms with Crippen LogP contribution >= 0.6 is 39.1 Å². The zero-order valence-electron chi connectivity index (χ0n) is 11.1. The van der Waals surface area contributed by atoms with Crippen molar-refractivity contribution in [3.05, 3.63) is 38.7 Å². The average Bonchev–Trinajstić information content (AvgIpc) is 2.43. The van der Waals surface area contributed by atoms with Crippen molar-refractivity contribution in [2.45, 2.75) is 13.3 Å². The van der Waals surface area contributed by atoms with Gasteiger partial charge in [0.1, 0.15) is 10.8 Å². The maximum atomic E-state index is 13.2. The highest BCUT2D eigenvalue weighted by molar-refractivity contribution is 9.10. The average molecular weight is 394 g/mol. The molecule has 0 aliphatic heterocycles. The zero-order chi connectivity index (χ0) is 15.4. The van der Waals surface area contributed by atoms with Gasteiger partial charge in [0.15, 0.2) is 5.82 Å². The molecule has 0 saturated heterocycles. The number of benzene rings is 1. The highest BCUT2D eigenvalue weighted by Crippen LogP contribution is 2.35. The molecule has 4 nitrogen and oxygen atoms in total. The molecule has 0 atom stereocenters. The van der Waals surface area contributed by atoms with E-state index < -0.39 is 5.82 Å². The fourth-order valence-corrected chi connectivity index (χ4v) is 2.59. The Morgan fingerprint density at radius 1 is 1.29 bits per heavy atom. The van der Waals surface area contributed by atoms with E-state index in [-0.39, 0.29) is 5.02 Å². The molecular formula is C13H12BrCl2FN4. The monoisotopic (exact) mass is 392 g/mol. The highest BCUT2D eigenvalue weighted by Gasteiger charge is 2.12. The summed E-state index contributed by atoms with van der Waals surface area (Å²) < 4.78 is 13.7. The molecule has 0 bridgehead atoms. The summed E-state index contributed by atoms with van der Waals surface area (Å²) in [6.45, 7) is 2.79. The number of nitrogens with one attached hydrogen (secondary N) is 2. The third-order valence-corrected chi connectivity index (χ3v) is 3.73. The molecule has 0 aliphatic rings. The molecule has 2 N–H and O–H groups in total. The van der Waals surface area contributed by atoms with Gasteiger partial charge in [0.05, 0.1) is 16.9 Å². The van der Waals surface area contributed by atoms with E-state index >= 15 is 0 Å². The van der Waals surface area contributed by atoms with Gasteiger partial charge in [0.2, 0.25) is 5.95 Å². The Kier molecular flexibility index (Phi) is 5.61. The number of anilines is 3. The van der Waals surface area contributed by atoms with E-state index in [2.05, 4.69) is 36.5 Å². The Bertz CT molecular complexity index is 631. The summed E-state index contributed by atoms with van der Waals surface area (Å²) in [5.74, 6) is 0.411. The molecule has 0 spiro atoms. The van der Waals surface area contributed by atoms with E-state index in [1.54, 1.807) is 0 Å². The summed E-state index contributed by atoms with van der Waals surface area (Å²) in [5, 5.41) is 6.60. The van der Waals surface area contributed by atoms with Crippen LogP contribution in [0.1, 0.15) is 13.3 Å². The lowest BCUT2D eigenvalue weighted by atomic mass is 10.3. The van der Waals surface area contributed by atoms with E-state index in [0.29, 0.717) is 26.9 Å². The second-order valence-electron chi connectivity index (χ2n) is 4.19. The molecule has 1 heterocycles. The molecule has 0 fully saturated rings. The minimum absolute atomic E-state index is 0.222. The lowest BCUT2D eigenvalue weighted by Gasteiger charge is -2.12. The first kappa shape index (κ1) is 16.3. The van der Waals surface area contributed by atoms with E-state index in [1.165, 1.54) is 18.3 Å². The lowest BCUT2D eigenvalue weighted by Crippen LogP contribution is -2.06. The molecule has 0 unspecified atom stereocenters. The van der Waals surface area contributed by atoms with Crippen LogP contribution < -0.4 is 10.6 Å². The van der Waals surface area contributed by atoms with Crippen LogP contribution in [0.2, 0.25) is 10.0 Å². The van der Waals surface area contributed by atoms with E-state index in [4.69, 9.17) is 23.2 Å². The van der Waals surface area contributed by atoms with Crippen LogP contribution in [-0.2, 0) is 0 Å². The van der Waals surface area contributed by atoms with Crippen LogP contribution in [0.3, 0.4) is 0 Å². The van der Waals surface area contributed by atoms with Gasteiger partial charge < -0.3 is 10.6 Å². The summed E-state index contributed by atoms with van der Waals surface area (Å²) in [4.78, 5) is 8.35. The smallest absolute Gasteiger partial charge is 0.224 e. The molecule has 0 aliphatic carbocycles. The predicted octanol–water partition coefficient (Wildman–Crippen LogP) is 5.25. The van der Waals surface area contributed by atoms with Crippen molar-refractivity contribution in [1.82, 2.24) is 9.97 Å². The number of hydrogen-bond donors (Lipinski definition) is 2. The topological polar surface area (TPSA) is 49.8 Å². The molecule has 0 radical (unpaired) electrons. The summed E-state index contributed by atoms with van der Waals surface area (Å²) >= 11 is 15.3. The summed E-state index contributed by atoms with van der Waals surface area (Å²) in [7, 11) is 0. The van der Waals surface area contributed by atoms with Gasteiger partial charge in [0.25, 0.3) is 0 Å². The summed E-state index contributed by atoms with van der Waals surface area (Å²) in [6, 6.07) is 2.51. The normalized spacial score (nSPS) is 10.5. The molecule has 1 aromatic carbocycles. The van der Waals surface area contributed by atoms with Crippen molar-refractivity contribution in [2.75, 3.05) is 17.2 Å². The number of rotatable bonds is 5. The second-order valence-corrected chi connectivity index (χ2v) is 5.86. The largest absolute Gasteiger partial charge is 0.354 e. The lowest BCUT2D eigenvalue weighted by molar-refractivity contribution is 0.627. The highest BCUT2D eigenvalue weighted by atomic mass is 79.9.